The number of methoxy groups -OCH3 is 2. The van der Waals surface area contributed by atoms with E-state index < -0.39 is 5.91 Å². The molecule has 0 aromatic heterocycles. The van der Waals surface area contributed by atoms with Crippen molar-refractivity contribution in [1.82, 2.24) is 5.43 Å². The van der Waals surface area contributed by atoms with E-state index in [-0.39, 0.29) is 12.3 Å². The first-order valence-corrected chi connectivity index (χ1v) is 8.76. The summed E-state index contributed by atoms with van der Waals surface area (Å²) < 4.78 is 10.3. The van der Waals surface area contributed by atoms with E-state index in [1.54, 1.807) is 25.1 Å². The van der Waals surface area contributed by atoms with Crippen LogP contribution in [-0.2, 0) is 4.79 Å². The van der Waals surface area contributed by atoms with Crippen LogP contribution >= 0.6 is 0 Å². The molecular weight excluding hydrogens is 358 g/mol. The predicted octanol–water partition coefficient (Wildman–Crippen LogP) is 3.46. The molecular formula is C21H25N3O4. The number of anilines is 1. The normalized spacial score (nSPS) is 11.0. The Morgan fingerprint density at radius 3 is 2.29 bits per heavy atom. The summed E-state index contributed by atoms with van der Waals surface area (Å²) in [4.78, 5) is 24.5. The Balaban J connectivity index is 1.98. The van der Waals surface area contributed by atoms with Crippen LogP contribution in [0, 0.1) is 13.8 Å². The molecule has 0 aliphatic rings. The fourth-order valence-corrected chi connectivity index (χ4v) is 2.72. The van der Waals surface area contributed by atoms with E-state index in [1.807, 2.05) is 32.0 Å². The van der Waals surface area contributed by atoms with Gasteiger partial charge < -0.3 is 14.8 Å². The third-order valence-corrected chi connectivity index (χ3v) is 3.92. The van der Waals surface area contributed by atoms with Crippen molar-refractivity contribution in [3.05, 3.63) is 53.1 Å². The minimum Gasteiger partial charge on any atom is -0.497 e. The van der Waals surface area contributed by atoms with E-state index in [4.69, 9.17) is 9.47 Å². The number of rotatable bonds is 7. The number of hydrazone groups is 1. The van der Waals surface area contributed by atoms with E-state index >= 15 is 0 Å². The Hall–Kier alpha value is -3.35. The first-order chi connectivity index (χ1) is 13.3. The fourth-order valence-electron chi connectivity index (χ4n) is 2.72. The summed E-state index contributed by atoms with van der Waals surface area (Å²) >= 11 is 0. The lowest BCUT2D eigenvalue weighted by Gasteiger charge is -2.10. The molecule has 2 aromatic rings. The van der Waals surface area contributed by atoms with Crippen molar-refractivity contribution in [3.63, 3.8) is 0 Å². The maximum atomic E-state index is 12.3. The molecule has 7 heteroatoms. The zero-order chi connectivity index (χ0) is 20.7. The van der Waals surface area contributed by atoms with Gasteiger partial charge in [0.2, 0.25) is 5.91 Å². The van der Waals surface area contributed by atoms with Crippen molar-refractivity contribution in [1.29, 1.82) is 0 Å². The first-order valence-electron chi connectivity index (χ1n) is 8.76. The molecule has 2 aromatic carbocycles. The third-order valence-electron chi connectivity index (χ3n) is 3.92. The number of aryl methyl sites for hydroxylation is 2. The second-order valence-corrected chi connectivity index (χ2v) is 6.46. The van der Waals surface area contributed by atoms with Crippen LogP contribution in [0.5, 0.6) is 11.5 Å². The van der Waals surface area contributed by atoms with Crippen LogP contribution in [0.3, 0.4) is 0 Å². The average molecular weight is 383 g/mol. The van der Waals surface area contributed by atoms with Gasteiger partial charge in [-0.1, -0.05) is 6.07 Å². The average Bonchev–Trinajstić information content (AvgIpc) is 2.64. The molecule has 148 valence electrons. The van der Waals surface area contributed by atoms with Crippen molar-refractivity contribution in [3.8, 4) is 11.5 Å². The van der Waals surface area contributed by atoms with Crippen molar-refractivity contribution < 1.29 is 19.1 Å². The standard InChI is InChI=1S/C21H25N3O4/c1-13-8-14(2)10-16(9-13)22-20(25)11-15(3)23-24-21(26)18-7-6-17(27-4)12-19(18)28-5/h6-10,12H,11H2,1-5H3,(H,22,25)(H,24,26). The molecule has 0 fully saturated rings. The Bertz CT molecular complexity index is 886. The minimum absolute atomic E-state index is 0.0625. The fraction of sp³-hybridized carbons (Fsp3) is 0.286. The summed E-state index contributed by atoms with van der Waals surface area (Å²) in [6.45, 7) is 5.61. The number of hydrogen-bond acceptors (Lipinski definition) is 5. The molecule has 0 radical (unpaired) electrons. The molecule has 0 saturated carbocycles. The zero-order valence-electron chi connectivity index (χ0n) is 16.8. The quantitative estimate of drug-likeness (QED) is 0.566. The van der Waals surface area contributed by atoms with E-state index in [0.717, 1.165) is 16.8 Å². The second kappa shape index (κ2) is 9.55. The Morgan fingerprint density at radius 2 is 1.68 bits per heavy atom. The summed E-state index contributed by atoms with van der Waals surface area (Å²) in [6.07, 6.45) is 0.0625. The predicted molar refractivity (Wildman–Crippen MR) is 109 cm³/mol. The smallest absolute Gasteiger partial charge is 0.275 e. The van der Waals surface area contributed by atoms with Crippen LogP contribution in [0.15, 0.2) is 41.5 Å². The number of carbonyl (C=O) groups is 2. The summed E-state index contributed by atoms with van der Waals surface area (Å²) in [7, 11) is 3.00. The summed E-state index contributed by atoms with van der Waals surface area (Å²) in [5.41, 5.74) is 6.12. The van der Waals surface area contributed by atoms with Gasteiger partial charge in [0.1, 0.15) is 11.5 Å². The molecule has 2 N–H and O–H groups in total. The molecule has 0 unspecified atom stereocenters. The largest absolute Gasteiger partial charge is 0.497 e. The topological polar surface area (TPSA) is 89.0 Å². The lowest BCUT2D eigenvalue weighted by molar-refractivity contribution is -0.115. The first kappa shape index (κ1) is 21.0. The Morgan fingerprint density at radius 1 is 1.00 bits per heavy atom. The molecule has 28 heavy (non-hydrogen) atoms. The van der Waals surface area contributed by atoms with Crippen LogP contribution in [0.1, 0.15) is 34.8 Å². The zero-order valence-corrected chi connectivity index (χ0v) is 16.8. The molecule has 0 heterocycles. The molecule has 0 atom stereocenters. The Kier molecular flexibility index (Phi) is 7.14. The molecule has 2 amide bonds. The summed E-state index contributed by atoms with van der Waals surface area (Å²) in [6, 6.07) is 10.7. The monoisotopic (exact) mass is 383 g/mol. The molecule has 0 aliphatic heterocycles. The van der Waals surface area contributed by atoms with E-state index in [0.29, 0.717) is 22.8 Å². The lowest BCUT2D eigenvalue weighted by Crippen LogP contribution is -2.22. The van der Waals surface area contributed by atoms with E-state index in [1.165, 1.54) is 14.2 Å². The minimum atomic E-state index is -0.437. The third kappa shape index (κ3) is 5.84. The van der Waals surface area contributed by atoms with E-state index in [9.17, 15) is 9.59 Å². The number of ether oxygens (including phenoxy) is 2. The molecule has 2 rings (SSSR count). The second-order valence-electron chi connectivity index (χ2n) is 6.46. The van der Waals surface area contributed by atoms with Crippen molar-refractivity contribution in [2.75, 3.05) is 19.5 Å². The molecule has 0 spiro atoms. The van der Waals surface area contributed by atoms with Crippen molar-refractivity contribution in [2.45, 2.75) is 27.2 Å². The highest BCUT2D eigenvalue weighted by Crippen LogP contribution is 2.24. The highest BCUT2D eigenvalue weighted by molar-refractivity contribution is 6.06. The van der Waals surface area contributed by atoms with Gasteiger partial charge in [-0.3, -0.25) is 9.59 Å². The number of benzene rings is 2. The molecule has 0 aliphatic carbocycles. The lowest BCUT2D eigenvalue weighted by atomic mass is 10.1. The summed E-state index contributed by atoms with van der Waals surface area (Å²) in [5.74, 6) is 0.310. The van der Waals surface area contributed by atoms with Gasteiger partial charge in [0, 0.05) is 17.5 Å². The summed E-state index contributed by atoms with van der Waals surface area (Å²) in [5, 5.41) is 6.84. The van der Waals surface area contributed by atoms with Gasteiger partial charge in [0.15, 0.2) is 0 Å². The highest BCUT2D eigenvalue weighted by Gasteiger charge is 2.13. The van der Waals surface area contributed by atoms with Gasteiger partial charge in [-0.15, -0.1) is 0 Å². The van der Waals surface area contributed by atoms with Crippen LogP contribution in [0.2, 0.25) is 0 Å². The maximum Gasteiger partial charge on any atom is 0.275 e. The van der Waals surface area contributed by atoms with Gasteiger partial charge >= 0.3 is 0 Å². The number of nitrogens with one attached hydrogen (secondary N) is 2. The molecule has 0 bridgehead atoms. The van der Waals surface area contributed by atoms with Crippen molar-refractivity contribution in [2.24, 2.45) is 5.10 Å². The number of nitrogens with zero attached hydrogens (tertiary/aromatic N) is 1. The van der Waals surface area contributed by atoms with Crippen LogP contribution in [0.4, 0.5) is 5.69 Å². The molecule has 7 nitrogen and oxygen atoms in total. The highest BCUT2D eigenvalue weighted by atomic mass is 16.5. The van der Waals surface area contributed by atoms with Gasteiger partial charge in [0.25, 0.3) is 5.91 Å². The van der Waals surface area contributed by atoms with Gasteiger partial charge in [-0.05, 0) is 56.2 Å². The van der Waals surface area contributed by atoms with Crippen molar-refractivity contribution >= 4 is 23.2 Å². The Labute approximate surface area is 164 Å². The van der Waals surface area contributed by atoms with E-state index in [2.05, 4.69) is 15.8 Å². The van der Waals surface area contributed by atoms with Gasteiger partial charge in [-0.25, -0.2) is 5.43 Å². The van der Waals surface area contributed by atoms with Gasteiger partial charge in [0.05, 0.1) is 26.2 Å². The molecule has 0 saturated heterocycles. The van der Waals surface area contributed by atoms with Crippen LogP contribution in [-0.4, -0.2) is 31.7 Å². The van der Waals surface area contributed by atoms with Gasteiger partial charge in [-0.2, -0.15) is 5.10 Å². The number of hydrogen-bond donors (Lipinski definition) is 2. The van der Waals surface area contributed by atoms with Crippen LogP contribution in [0.25, 0.3) is 0 Å². The maximum absolute atomic E-state index is 12.3. The van der Waals surface area contributed by atoms with Crippen LogP contribution < -0.4 is 20.2 Å². The SMILES string of the molecule is COc1ccc(C(=O)NN=C(C)CC(=O)Nc2cc(C)cc(C)c2)c(OC)c1. The number of amides is 2. The number of carbonyl (C=O) groups excluding carboxylic acids is 2.